The molecule has 1 heterocycles. The molecule has 1 saturated heterocycles. The van der Waals surface area contributed by atoms with Crippen molar-refractivity contribution in [1.29, 1.82) is 0 Å². The Morgan fingerprint density at radius 2 is 2.08 bits per heavy atom. The van der Waals surface area contributed by atoms with E-state index in [-0.39, 0.29) is 5.92 Å². The molecular weight excluding hydrogens is 335 g/mol. The van der Waals surface area contributed by atoms with E-state index in [0.29, 0.717) is 23.5 Å². The van der Waals surface area contributed by atoms with Gasteiger partial charge >= 0.3 is 0 Å². The van der Waals surface area contributed by atoms with Gasteiger partial charge in [-0.2, -0.15) is 0 Å². The van der Waals surface area contributed by atoms with E-state index >= 15 is 0 Å². The highest BCUT2D eigenvalue weighted by Gasteiger charge is 2.29. The summed E-state index contributed by atoms with van der Waals surface area (Å²) in [5.41, 5.74) is 3.19. The van der Waals surface area contributed by atoms with Crippen molar-refractivity contribution in [3.8, 4) is 0 Å². The first kappa shape index (κ1) is 20.3. The van der Waals surface area contributed by atoms with Crippen molar-refractivity contribution >= 4 is 17.3 Å². The van der Waals surface area contributed by atoms with Crippen LogP contribution in [-0.4, -0.2) is 37.3 Å². The molecule has 1 aromatic carbocycles. The first-order chi connectivity index (χ1) is 11.6. The lowest BCUT2D eigenvalue weighted by Crippen LogP contribution is -2.45. The maximum Gasteiger partial charge on any atom is 0.117 e. The smallest absolute Gasteiger partial charge is 0.117 e. The minimum Gasteiger partial charge on any atom is -0.385 e. The standard InChI is InChI=1S/C21H32ClFN2/c1-15-10-18(12-19(22)11-15)16(2)24-13-17-6-8-25(14-20(17)23)9-7-21(3,4)5/h10-12,17,20,24H,2,6-9,13-14H2,1,3-5H3. The van der Waals surface area contributed by atoms with Crippen LogP contribution in [0.2, 0.25) is 5.02 Å². The summed E-state index contributed by atoms with van der Waals surface area (Å²) in [7, 11) is 0. The van der Waals surface area contributed by atoms with E-state index in [1.165, 1.54) is 0 Å². The highest BCUT2D eigenvalue weighted by atomic mass is 35.5. The van der Waals surface area contributed by atoms with E-state index in [4.69, 9.17) is 11.6 Å². The van der Waals surface area contributed by atoms with E-state index in [9.17, 15) is 4.39 Å². The predicted molar refractivity (Wildman–Crippen MR) is 107 cm³/mol. The second-order valence-electron chi connectivity index (χ2n) is 8.55. The number of nitrogens with one attached hydrogen (secondary N) is 1. The van der Waals surface area contributed by atoms with Crippen LogP contribution in [0.25, 0.3) is 5.70 Å². The summed E-state index contributed by atoms with van der Waals surface area (Å²) < 4.78 is 14.6. The number of hydrogen-bond donors (Lipinski definition) is 1. The Morgan fingerprint density at radius 1 is 1.36 bits per heavy atom. The van der Waals surface area contributed by atoms with Crippen molar-refractivity contribution in [3.63, 3.8) is 0 Å². The Morgan fingerprint density at radius 3 is 2.68 bits per heavy atom. The Labute approximate surface area is 157 Å². The minimum atomic E-state index is -0.782. The molecule has 140 valence electrons. The van der Waals surface area contributed by atoms with Crippen LogP contribution in [0.5, 0.6) is 0 Å². The monoisotopic (exact) mass is 366 g/mol. The highest BCUT2D eigenvalue weighted by Crippen LogP contribution is 2.25. The summed E-state index contributed by atoms with van der Waals surface area (Å²) in [6.45, 7) is 15.9. The number of rotatable bonds is 6. The van der Waals surface area contributed by atoms with Crippen molar-refractivity contribution in [2.75, 3.05) is 26.2 Å². The summed E-state index contributed by atoms with van der Waals surface area (Å²) in [5, 5.41) is 4.02. The van der Waals surface area contributed by atoms with E-state index in [1.807, 2.05) is 25.1 Å². The molecule has 0 bridgehead atoms. The van der Waals surface area contributed by atoms with Gasteiger partial charge in [0.2, 0.25) is 0 Å². The third-order valence-electron chi connectivity index (χ3n) is 4.91. The zero-order valence-corrected chi connectivity index (χ0v) is 16.8. The molecule has 0 spiro atoms. The lowest BCUT2D eigenvalue weighted by Gasteiger charge is -2.36. The van der Waals surface area contributed by atoms with Crippen molar-refractivity contribution in [2.45, 2.75) is 46.7 Å². The topological polar surface area (TPSA) is 15.3 Å². The average Bonchev–Trinajstić information content (AvgIpc) is 2.50. The maximum atomic E-state index is 14.6. The van der Waals surface area contributed by atoms with Gasteiger partial charge in [0.05, 0.1) is 0 Å². The third-order valence-corrected chi connectivity index (χ3v) is 5.12. The number of benzene rings is 1. The van der Waals surface area contributed by atoms with Gasteiger partial charge in [-0.3, -0.25) is 0 Å². The largest absolute Gasteiger partial charge is 0.385 e. The fraction of sp³-hybridized carbons (Fsp3) is 0.619. The van der Waals surface area contributed by atoms with Crippen molar-refractivity contribution in [3.05, 3.63) is 40.9 Å². The Hall–Kier alpha value is -1.06. The molecule has 2 nitrogen and oxygen atoms in total. The first-order valence-electron chi connectivity index (χ1n) is 9.21. The van der Waals surface area contributed by atoms with Crippen molar-refractivity contribution in [1.82, 2.24) is 10.2 Å². The van der Waals surface area contributed by atoms with Crippen LogP contribution in [0.1, 0.15) is 44.7 Å². The van der Waals surface area contributed by atoms with Gasteiger partial charge in [-0.25, -0.2) is 4.39 Å². The zero-order chi connectivity index (χ0) is 18.6. The molecule has 1 aliphatic rings. The zero-order valence-electron chi connectivity index (χ0n) is 16.0. The third kappa shape index (κ3) is 6.63. The van der Waals surface area contributed by atoms with Crippen LogP contribution in [0, 0.1) is 18.3 Å². The average molecular weight is 367 g/mol. The van der Waals surface area contributed by atoms with Gasteiger partial charge < -0.3 is 10.2 Å². The molecule has 4 heteroatoms. The van der Waals surface area contributed by atoms with E-state index in [2.05, 4.69) is 37.6 Å². The van der Waals surface area contributed by atoms with Gasteiger partial charge in [-0.05, 0) is 67.6 Å². The maximum absolute atomic E-state index is 14.6. The fourth-order valence-electron chi connectivity index (χ4n) is 3.21. The van der Waals surface area contributed by atoms with E-state index < -0.39 is 6.17 Å². The molecule has 25 heavy (non-hydrogen) atoms. The summed E-state index contributed by atoms with van der Waals surface area (Å²) in [4.78, 5) is 2.27. The van der Waals surface area contributed by atoms with Crippen LogP contribution in [0.15, 0.2) is 24.8 Å². The highest BCUT2D eigenvalue weighted by molar-refractivity contribution is 6.30. The quantitative estimate of drug-likeness (QED) is 0.734. The molecular formula is C21H32ClFN2. The second kappa shape index (κ2) is 8.55. The van der Waals surface area contributed by atoms with Crippen LogP contribution < -0.4 is 5.32 Å². The molecule has 0 amide bonds. The fourth-order valence-corrected chi connectivity index (χ4v) is 3.50. The van der Waals surface area contributed by atoms with Gasteiger partial charge in [0.15, 0.2) is 0 Å². The lowest BCUT2D eigenvalue weighted by atomic mass is 9.90. The summed E-state index contributed by atoms with van der Waals surface area (Å²) in [5.74, 6) is 0.0444. The number of alkyl halides is 1. The molecule has 2 atom stereocenters. The Bertz CT molecular complexity index is 574. The number of nitrogens with zero attached hydrogens (tertiary/aromatic N) is 1. The van der Waals surface area contributed by atoms with E-state index in [0.717, 1.165) is 42.8 Å². The normalized spacial score (nSPS) is 22.0. The number of piperidine rings is 1. The predicted octanol–water partition coefficient (Wildman–Crippen LogP) is 5.30. The van der Waals surface area contributed by atoms with E-state index in [1.54, 1.807) is 0 Å². The Balaban J connectivity index is 1.81. The van der Waals surface area contributed by atoms with Crippen LogP contribution >= 0.6 is 11.6 Å². The second-order valence-corrected chi connectivity index (χ2v) is 8.99. The van der Waals surface area contributed by atoms with Crippen LogP contribution in [-0.2, 0) is 0 Å². The summed E-state index contributed by atoms with van der Waals surface area (Å²) in [6, 6.07) is 5.86. The molecule has 1 N–H and O–H groups in total. The molecule has 1 fully saturated rings. The number of hydrogen-bond acceptors (Lipinski definition) is 2. The number of aryl methyl sites for hydroxylation is 1. The molecule has 2 unspecified atom stereocenters. The minimum absolute atomic E-state index is 0.0444. The first-order valence-corrected chi connectivity index (χ1v) is 9.58. The van der Waals surface area contributed by atoms with Gasteiger partial charge in [0.1, 0.15) is 6.17 Å². The van der Waals surface area contributed by atoms with Gasteiger partial charge in [0.25, 0.3) is 0 Å². The lowest BCUT2D eigenvalue weighted by molar-refractivity contribution is 0.0787. The SMILES string of the molecule is C=C(NCC1CCN(CCC(C)(C)C)CC1F)c1cc(C)cc(Cl)c1. The summed E-state index contributed by atoms with van der Waals surface area (Å²) in [6.07, 6.45) is 1.21. The molecule has 1 aliphatic heterocycles. The van der Waals surface area contributed by atoms with Crippen molar-refractivity contribution < 1.29 is 4.39 Å². The molecule has 0 aliphatic carbocycles. The molecule has 2 rings (SSSR count). The molecule has 1 aromatic rings. The van der Waals surface area contributed by atoms with Gasteiger partial charge in [-0.15, -0.1) is 0 Å². The molecule has 0 saturated carbocycles. The van der Waals surface area contributed by atoms with Crippen LogP contribution in [0.3, 0.4) is 0 Å². The Kier molecular flexibility index (Phi) is 6.93. The number of likely N-dealkylation sites (tertiary alicyclic amines) is 1. The van der Waals surface area contributed by atoms with Crippen molar-refractivity contribution in [2.24, 2.45) is 11.3 Å². The summed E-state index contributed by atoms with van der Waals surface area (Å²) >= 11 is 6.11. The number of halogens is 2. The van der Waals surface area contributed by atoms with Crippen LogP contribution in [0.4, 0.5) is 4.39 Å². The van der Waals surface area contributed by atoms with Gasteiger partial charge in [0, 0.05) is 29.7 Å². The molecule has 0 radical (unpaired) electrons. The molecule has 0 aromatic heterocycles. The van der Waals surface area contributed by atoms with Gasteiger partial charge in [-0.1, -0.05) is 39.0 Å².